The number of likely N-dealkylation sites (tertiary alicyclic amines) is 1. The molecule has 3 rings (SSSR count). The number of anilines is 2. The Balaban J connectivity index is 1.59. The molecular formula is C16H25N5O2S. The zero-order valence-electron chi connectivity index (χ0n) is 14.2. The maximum absolute atomic E-state index is 12.5. The van der Waals surface area contributed by atoms with Gasteiger partial charge in [-0.1, -0.05) is 24.2 Å². The van der Waals surface area contributed by atoms with E-state index in [-0.39, 0.29) is 11.8 Å². The van der Waals surface area contributed by atoms with Crippen LogP contribution in [0.4, 0.5) is 10.3 Å². The monoisotopic (exact) mass is 351 g/mol. The zero-order chi connectivity index (χ0) is 16.9. The topological polar surface area (TPSA) is 69.6 Å². The van der Waals surface area contributed by atoms with E-state index in [4.69, 9.17) is 0 Å². The quantitative estimate of drug-likeness (QED) is 0.828. The highest BCUT2D eigenvalue weighted by molar-refractivity contribution is 7.19. The number of piperidine rings is 1. The molecule has 0 radical (unpaired) electrons. The molecule has 2 aliphatic rings. The summed E-state index contributed by atoms with van der Waals surface area (Å²) in [5, 5.41) is 9.65. The van der Waals surface area contributed by atoms with Crippen LogP contribution >= 0.6 is 11.3 Å². The summed E-state index contributed by atoms with van der Waals surface area (Å²) in [5.41, 5.74) is 0. The Kier molecular flexibility index (Phi) is 5.65. The SMILES string of the molecule is CN(CC(=O)N1CCCCCC1)c1nnc(N2CCCCC2=O)s1. The van der Waals surface area contributed by atoms with Crippen LogP contribution in [0.25, 0.3) is 0 Å². The van der Waals surface area contributed by atoms with Crippen LogP contribution < -0.4 is 9.80 Å². The van der Waals surface area contributed by atoms with Crippen LogP contribution in [0.2, 0.25) is 0 Å². The Bertz CT molecular complexity index is 583. The first kappa shape index (κ1) is 17.1. The van der Waals surface area contributed by atoms with E-state index in [1.54, 1.807) is 4.90 Å². The van der Waals surface area contributed by atoms with Crippen LogP contribution in [0.3, 0.4) is 0 Å². The van der Waals surface area contributed by atoms with Gasteiger partial charge in [0.1, 0.15) is 0 Å². The molecule has 0 unspecified atom stereocenters. The van der Waals surface area contributed by atoms with E-state index in [2.05, 4.69) is 10.2 Å². The van der Waals surface area contributed by atoms with E-state index >= 15 is 0 Å². The zero-order valence-corrected chi connectivity index (χ0v) is 15.1. The molecule has 24 heavy (non-hydrogen) atoms. The van der Waals surface area contributed by atoms with Gasteiger partial charge in [-0.3, -0.25) is 14.5 Å². The average molecular weight is 351 g/mol. The molecule has 7 nitrogen and oxygen atoms in total. The van der Waals surface area contributed by atoms with Crippen molar-refractivity contribution >= 4 is 33.4 Å². The third-order valence-corrected chi connectivity index (χ3v) is 5.68. The number of rotatable bonds is 4. The maximum atomic E-state index is 12.5. The molecule has 8 heteroatoms. The number of hydrogen-bond donors (Lipinski definition) is 0. The molecule has 3 heterocycles. The van der Waals surface area contributed by atoms with E-state index in [0.717, 1.165) is 38.8 Å². The average Bonchev–Trinajstić information content (AvgIpc) is 2.90. The van der Waals surface area contributed by atoms with Gasteiger partial charge >= 0.3 is 0 Å². The predicted molar refractivity (Wildman–Crippen MR) is 94.4 cm³/mol. The molecule has 132 valence electrons. The standard InChI is InChI=1S/C16H25N5O2S/c1-19(12-14(23)20-9-5-2-3-6-10-20)15-17-18-16(24-15)21-11-7-4-8-13(21)22/h2-12H2,1H3. The van der Waals surface area contributed by atoms with E-state index in [9.17, 15) is 9.59 Å². The fourth-order valence-electron chi connectivity index (χ4n) is 3.17. The predicted octanol–water partition coefficient (Wildman–Crippen LogP) is 1.89. The molecule has 0 spiro atoms. The van der Waals surface area contributed by atoms with Gasteiger partial charge in [0.25, 0.3) is 0 Å². The molecule has 1 aromatic heterocycles. The second-order valence-electron chi connectivity index (χ2n) is 6.52. The van der Waals surface area contributed by atoms with E-state index in [1.165, 1.54) is 24.2 Å². The fraction of sp³-hybridized carbons (Fsp3) is 0.750. The number of carbonyl (C=O) groups is 2. The van der Waals surface area contributed by atoms with Crippen molar-refractivity contribution in [3.05, 3.63) is 0 Å². The van der Waals surface area contributed by atoms with Crippen LogP contribution in [-0.4, -0.2) is 60.1 Å². The summed E-state index contributed by atoms with van der Waals surface area (Å²) < 4.78 is 0. The third-order valence-electron chi connectivity index (χ3n) is 4.62. The first-order valence-corrected chi connectivity index (χ1v) is 9.59. The molecule has 0 aromatic carbocycles. The summed E-state index contributed by atoms with van der Waals surface area (Å²) in [7, 11) is 1.86. The van der Waals surface area contributed by atoms with Gasteiger partial charge in [0.2, 0.25) is 22.1 Å². The van der Waals surface area contributed by atoms with Gasteiger partial charge in [-0.2, -0.15) is 0 Å². The van der Waals surface area contributed by atoms with E-state index < -0.39 is 0 Å². The lowest BCUT2D eigenvalue weighted by Crippen LogP contribution is -2.39. The molecular weight excluding hydrogens is 326 g/mol. The number of hydrogen-bond acceptors (Lipinski definition) is 6. The summed E-state index contributed by atoms with van der Waals surface area (Å²) in [6.45, 7) is 2.74. The lowest BCUT2D eigenvalue weighted by molar-refractivity contribution is -0.129. The Labute approximate surface area is 146 Å². The molecule has 1 aromatic rings. The number of aromatic nitrogens is 2. The molecule has 2 saturated heterocycles. The summed E-state index contributed by atoms with van der Waals surface area (Å²) in [6, 6.07) is 0. The summed E-state index contributed by atoms with van der Waals surface area (Å²) in [4.78, 5) is 30.0. The van der Waals surface area contributed by atoms with Crippen LogP contribution in [0.1, 0.15) is 44.9 Å². The van der Waals surface area contributed by atoms with Crippen LogP contribution in [0.5, 0.6) is 0 Å². The van der Waals surface area contributed by atoms with E-state index in [0.29, 0.717) is 29.8 Å². The largest absolute Gasteiger partial charge is 0.341 e. The molecule has 0 atom stereocenters. The summed E-state index contributed by atoms with van der Waals surface area (Å²) in [6.07, 6.45) is 7.14. The minimum Gasteiger partial charge on any atom is -0.341 e. The van der Waals surface area contributed by atoms with Crippen molar-refractivity contribution in [1.29, 1.82) is 0 Å². The lowest BCUT2D eigenvalue weighted by Gasteiger charge is -2.24. The van der Waals surface area contributed by atoms with Crippen molar-refractivity contribution in [3.63, 3.8) is 0 Å². The highest BCUT2D eigenvalue weighted by Crippen LogP contribution is 2.29. The smallest absolute Gasteiger partial charge is 0.242 e. The van der Waals surface area contributed by atoms with Crippen molar-refractivity contribution in [2.45, 2.75) is 44.9 Å². The normalized spacial score (nSPS) is 19.3. The fourth-order valence-corrected chi connectivity index (χ4v) is 4.02. The molecule has 0 saturated carbocycles. The van der Waals surface area contributed by atoms with Crippen LogP contribution in [-0.2, 0) is 9.59 Å². The van der Waals surface area contributed by atoms with Crippen LogP contribution in [0, 0.1) is 0 Å². The number of carbonyl (C=O) groups excluding carboxylic acids is 2. The Morgan fingerprint density at radius 2 is 1.79 bits per heavy atom. The van der Waals surface area contributed by atoms with Gasteiger partial charge in [0.05, 0.1) is 6.54 Å². The Morgan fingerprint density at radius 1 is 1.08 bits per heavy atom. The second-order valence-corrected chi connectivity index (χ2v) is 7.46. The van der Waals surface area contributed by atoms with Crippen molar-refractivity contribution in [2.24, 2.45) is 0 Å². The minimum atomic E-state index is 0.118. The lowest BCUT2D eigenvalue weighted by atomic mass is 10.1. The van der Waals surface area contributed by atoms with Gasteiger partial charge < -0.3 is 9.80 Å². The van der Waals surface area contributed by atoms with Gasteiger partial charge in [0, 0.05) is 33.1 Å². The molecule has 0 bridgehead atoms. The summed E-state index contributed by atoms with van der Waals surface area (Å²) >= 11 is 1.38. The second kappa shape index (κ2) is 7.92. The van der Waals surface area contributed by atoms with Gasteiger partial charge in [-0.25, -0.2) is 0 Å². The van der Waals surface area contributed by atoms with Gasteiger partial charge in [-0.05, 0) is 25.7 Å². The van der Waals surface area contributed by atoms with E-state index in [1.807, 2.05) is 16.8 Å². The van der Waals surface area contributed by atoms with Crippen LogP contribution in [0.15, 0.2) is 0 Å². The van der Waals surface area contributed by atoms with Gasteiger partial charge in [-0.15, -0.1) is 10.2 Å². The highest BCUT2D eigenvalue weighted by Gasteiger charge is 2.24. The minimum absolute atomic E-state index is 0.118. The van der Waals surface area contributed by atoms with Crippen molar-refractivity contribution < 1.29 is 9.59 Å². The first-order chi connectivity index (χ1) is 11.6. The Morgan fingerprint density at radius 3 is 2.50 bits per heavy atom. The van der Waals surface area contributed by atoms with Crippen molar-refractivity contribution in [1.82, 2.24) is 15.1 Å². The number of nitrogens with zero attached hydrogens (tertiary/aromatic N) is 5. The van der Waals surface area contributed by atoms with Gasteiger partial charge in [0.15, 0.2) is 0 Å². The number of likely N-dealkylation sites (N-methyl/N-ethyl adjacent to an activating group) is 1. The third kappa shape index (κ3) is 4.03. The molecule has 2 aliphatic heterocycles. The molecule has 2 fully saturated rings. The molecule has 0 N–H and O–H groups in total. The van der Waals surface area contributed by atoms with Crippen molar-refractivity contribution in [2.75, 3.05) is 43.0 Å². The first-order valence-electron chi connectivity index (χ1n) is 8.78. The highest BCUT2D eigenvalue weighted by atomic mass is 32.1. The van der Waals surface area contributed by atoms with Crippen molar-refractivity contribution in [3.8, 4) is 0 Å². The number of amides is 2. The molecule has 0 aliphatic carbocycles. The maximum Gasteiger partial charge on any atom is 0.242 e. The molecule has 2 amide bonds. The summed E-state index contributed by atoms with van der Waals surface area (Å²) in [5.74, 6) is 0.262. The Hall–Kier alpha value is -1.70.